The summed E-state index contributed by atoms with van der Waals surface area (Å²) in [5.41, 5.74) is 6.36. The molecule has 0 heterocycles. The van der Waals surface area contributed by atoms with E-state index in [0.717, 1.165) is 12.8 Å². The van der Waals surface area contributed by atoms with E-state index in [1.807, 2.05) is 0 Å². The Balaban J connectivity index is 2.21. The van der Waals surface area contributed by atoms with Crippen molar-refractivity contribution >= 4 is 10.0 Å². The summed E-state index contributed by atoms with van der Waals surface area (Å²) in [4.78, 5) is 0.282. The highest BCUT2D eigenvalue weighted by atomic mass is 32.2. The van der Waals surface area contributed by atoms with E-state index in [1.54, 1.807) is 32.4 Å². The van der Waals surface area contributed by atoms with Crippen LogP contribution in [0.4, 0.5) is 0 Å². The lowest BCUT2D eigenvalue weighted by Gasteiger charge is -2.21. The summed E-state index contributed by atoms with van der Waals surface area (Å²) in [7, 11) is -0.259. The number of sulfonamides is 1. The van der Waals surface area contributed by atoms with Crippen LogP contribution < -0.4 is 10.5 Å². The Morgan fingerprint density at radius 3 is 2.57 bits per heavy atom. The molecule has 0 spiro atoms. The van der Waals surface area contributed by atoms with Crippen molar-refractivity contribution in [3.8, 4) is 5.75 Å². The lowest BCUT2D eigenvalue weighted by atomic mass is 10.1. The number of benzene rings is 1. The molecule has 1 aliphatic carbocycles. The fraction of sp³-hybridized carbons (Fsp3) is 0.600. The number of hydrogen-bond acceptors (Lipinski definition) is 4. The van der Waals surface area contributed by atoms with E-state index in [2.05, 4.69) is 0 Å². The lowest BCUT2D eigenvalue weighted by molar-refractivity contribution is 0.387. The summed E-state index contributed by atoms with van der Waals surface area (Å²) in [5.74, 6) is 1.10. The van der Waals surface area contributed by atoms with Gasteiger partial charge in [-0.15, -0.1) is 0 Å². The zero-order valence-corrected chi connectivity index (χ0v) is 13.5. The van der Waals surface area contributed by atoms with Gasteiger partial charge in [0, 0.05) is 25.7 Å². The number of nitrogens with two attached hydrogens (primary N) is 1. The number of methoxy groups -OCH3 is 1. The maximum atomic E-state index is 12.6. The third kappa shape index (κ3) is 3.56. The molecule has 21 heavy (non-hydrogen) atoms. The summed E-state index contributed by atoms with van der Waals surface area (Å²) >= 11 is 0. The number of ether oxygens (including phenoxy) is 1. The predicted octanol–water partition coefficient (Wildman–Crippen LogP) is 1.96. The maximum Gasteiger partial charge on any atom is 0.242 e. The summed E-state index contributed by atoms with van der Waals surface area (Å²) in [6.45, 7) is 0.838. The molecule has 0 aliphatic heterocycles. The zero-order valence-electron chi connectivity index (χ0n) is 12.7. The van der Waals surface area contributed by atoms with Crippen LogP contribution in [0.5, 0.6) is 5.75 Å². The number of nitrogens with zero attached hydrogens (tertiary/aromatic N) is 1. The molecule has 1 aromatic carbocycles. The van der Waals surface area contributed by atoms with Gasteiger partial charge in [0.2, 0.25) is 10.0 Å². The van der Waals surface area contributed by atoms with E-state index < -0.39 is 10.0 Å². The zero-order chi connectivity index (χ0) is 15.5. The van der Waals surface area contributed by atoms with Gasteiger partial charge in [-0.05, 0) is 37.0 Å². The third-order valence-electron chi connectivity index (χ3n) is 4.17. The minimum absolute atomic E-state index is 0.249. The molecular weight excluding hydrogens is 288 g/mol. The second-order valence-corrected chi connectivity index (χ2v) is 7.66. The van der Waals surface area contributed by atoms with Crippen LogP contribution in [0.25, 0.3) is 0 Å². The van der Waals surface area contributed by atoms with Crippen molar-refractivity contribution < 1.29 is 13.2 Å². The monoisotopic (exact) mass is 312 g/mol. The fourth-order valence-corrected chi connectivity index (χ4v) is 4.21. The van der Waals surface area contributed by atoms with E-state index >= 15 is 0 Å². The van der Waals surface area contributed by atoms with Gasteiger partial charge in [0.15, 0.2) is 0 Å². The molecule has 0 radical (unpaired) electrons. The topological polar surface area (TPSA) is 72.6 Å². The smallest absolute Gasteiger partial charge is 0.242 e. The lowest BCUT2D eigenvalue weighted by Crippen LogP contribution is -2.31. The first-order chi connectivity index (χ1) is 9.98. The molecule has 6 heteroatoms. The van der Waals surface area contributed by atoms with Crippen molar-refractivity contribution in [3.05, 3.63) is 23.8 Å². The van der Waals surface area contributed by atoms with Gasteiger partial charge in [-0.1, -0.05) is 12.8 Å². The molecule has 1 aliphatic rings. The van der Waals surface area contributed by atoms with Gasteiger partial charge in [-0.3, -0.25) is 0 Å². The molecule has 0 saturated heterocycles. The van der Waals surface area contributed by atoms with E-state index in [4.69, 9.17) is 10.5 Å². The molecule has 0 bridgehead atoms. The maximum absolute atomic E-state index is 12.6. The van der Waals surface area contributed by atoms with Crippen molar-refractivity contribution in [2.45, 2.75) is 37.1 Å². The van der Waals surface area contributed by atoms with Crippen LogP contribution in [0.2, 0.25) is 0 Å². The van der Waals surface area contributed by atoms with Gasteiger partial charge in [-0.25, -0.2) is 12.7 Å². The molecule has 2 N–H and O–H groups in total. The first-order valence-electron chi connectivity index (χ1n) is 7.32. The van der Waals surface area contributed by atoms with Gasteiger partial charge in [0.25, 0.3) is 0 Å². The van der Waals surface area contributed by atoms with Gasteiger partial charge in [-0.2, -0.15) is 0 Å². The van der Waals surface area contributed by atoms with Crippen molar-refractivity contribution in [2.24, 2.45) is 11.7 Å². The first kappa shape index (κ1) is 16.3. The Bertz CT molecular complexity index is 581. The first-order valence-corrected chi connectivity index (χ1v) is 8.76. The van der Waals surface area contributed by atoms with Crippen molar-refractivity contribution in [1.29, 1.82) is 0 Å². The fourth-order valence-electron chi connectivity index (χ4n) is 2.91. The second-order valence-electron chi connectivity index (χ2n) is 5.61. The second kappa shape index (κ2) is 6.77. The van der Waals surface area contributed by atoms with E-state index in [-0.39, 0.29) is 11.4 Å². The molecule has 0 atom stereocenters. The standard InChI is InChI=1S/C15H24N2O3S/c1-17(11-12-5-3-4-6-12)21(18,19)14-7-8-15(20-2)13(9-14)10-16/h7-9,12H,3-6,10-11,16H2,1-2H3. The molecule has 2 rings (SSSR count). The molecule has 118 valence electrons. The molecule has 5 nitrogen and oxygen atoms in total. The Kier molecular flexibility index (Phi) is 5.24. The van der Waals surface area contributed by atoms with Gasteiger partial charge < -0.3 is 10.5 Å². The van der Waals surface area contributed by atoms with Crippen LogP contribution in [-0.4, -0.2) is 33.4 Å². The molecule has 0 unspecified atom stereocenters. The highest BCUT2D eigenvalue weighted by Gasteiger charge is 2.26. The molecule has 1 aromatic rings. The Morgan fingerprint density at radius 1 is 1.33 bits per heavy atom. The van der Waals surface area contributed by atoms with Crippen LogP contribution in [-0.2, 0) is 16.6 Å². The van der Waals surface area contributed by atoms with Crippen LogP contribution >= 0.6 is 0 Å². The molecule has 0 aromatic heterocycles. The van der Waals surface area contributed by atoms with Crippen LogP contribution in [0.15, 0.2) is 23.1 Å². The molecular formula is C15H24N2O3S. The number of hydrogen-bond donors (Lipinski definition) is 1. The normalized spacial score (nSPS) is 16.6. The SMILES string of the molecule is COc1ccc(S(=O)(=O)N(C)CC2CCCC2)cc1CN. The van der Waals surface area contributed by atoms with E-state index in [9.17, 15) is 8.42 Å². The van der Waals surface area contributed by atoms with Crippen molar-refractivity contribution in [2.75, 3.05) is 20.7 Å². The summed E-state index contributed by atoms with van der Waals surface area (Å²) in [5, 5.41) is 0. The van der Waals surface area contributed by atoms with Crippen LogP contribution in [0, 0.1) is 5.92 Å². The average molecular weight is 312 g/mol. The van der Waals surface area contributed by atoms with Gasteiger partial charge >= 0.3 is 0 Å². The largest absolute Gasteiger partial charge is 0.496 e. The Labute approximate surface area is 127 Å². The molecule has 1 saturated carbocycles. The highest BCUT2D eigenvalue weighted by molar-refractivity contribution is 7.89. The Hall–Kier alpha value is -1.11. The van der Waals surface area contributed by atoms with Gasteiger partial charge in [0.1, 0.15) is 5.75 Å². The van der Waals surface area contributed by atoms with Crippen molar-refractivity contribution in [3.63, 3.8) is 0 Å². The minimum Gasteiger partial charge on any atom is -0.496 e. The molecule has 1 fully saturated rings. The highest BCUT2D eigenvalue weighted by Crippen LogP contribution is 2.28. The summed E-state index contributed by atoms with van der Waals surface area (Å²) in [6.07, 6.45) is 4.66. The van der Waals surface area contributed by atoms with Crippen molar-refractivity contribution in [1.82, 2.24) is 4.31 Å². The van der Waals surface area contributed by atoms with E-state index in [1.165, 1.54) is 17.1 Å². The van der Waals surface area contributed by atoms with Crippen LogP contribution in [0.1, 0.15) is 31.2 Å². The molecule has 0 amide bonds. The number of rotatable bonds is 6. The van der Waals surface area contributed by atoms with Crippen LogP contribution in [0.3, 0.4) is 0 Å². The summed E-state index contributed by atoms with van der Waals surface area (Å²) < 4.78 is 31.9. The third-order valence-corrected chi connectivity index (χ3v) is 5.99. The predicted molar refractivity (Wildman–Crippen MR) is 82.7 cm³/mol. The summed E-state index contributed by atoms with van der Waals surface area (Å²) in [6, 6.07) is 4.86. The Morgan fingerprint density at radius 2 is 2.00 bits per heavy atom. The van der Waals surface area contributed by atoms with Gasteiger partial charge in [0.05, 0.1) is 12.0 Å². The van der Waals surface area contributed by atoms with E-state index in [0.29, 0.717) is 23.8 Å². The quantitative estimate of drug-likeness (QED) is 0.871. The minimum atomic E-state index is -3.46. The average Bonchev–Trinajstić information content (AvgIpc) is 2.99.